The van der Waals surface area contributed by atoms with Crippen molar-refractivity contribution in [3.63, 3.8) is 0 Å². The van der Waals surface area contributed by atoms with E-state index in [0.29, 0.717) is 24.3 Å². The van der Waals surface area contributed by atoms with Gasteiger partial charge in [-0.1, -0.05) is 19.4 Å². The van der Waals surface area contributed by atoms with E-state index in [4.69, 9.17) is 4.74 Å². The Morgan fingerprint density at radius 2 is 1.79 bits per heavy atom. The highest BCUT2D eigenvalue weighted by Gasteiger charge is 2.76. The lowest BCUT2D eigenvalue weighted by molar-refractivity contribution is -0.141. The number of hydrogen-bond donors (Lipinski definition) is 0. The SMILES string of the molecule is C=CCN1C(=O)C2C(C1=O)C1C(CCC)C2C2OC21. The maximum Gasteiger partial charge on any atom is 0.233 e. The average Bonchev–Trinajstić information content (AvgIpc) is 3.00. The van der Waals surface area contributed by atoms with Gasteiger partial charge in [-0.05, 0) is 12.3 Å². The second-order valence-electron chi connectivity index (χ2n) is 6.30. The van der Waals surface area contributed by atoms with Crippen LogP contribution in [0.3, 0.4) is 0 Å². The maximum absolute atomic E-state index is 12.5. The summed E-state index contributed by atoms with van der Waals surface area (Å²) in [5, 5.41) is 0. The van der Waals surface area contributed by atoms with E-state index in [1.165, 1.54) is 4.90 Å². The molecule has 4 heteroatoms. The fraction of sp³-hybridized carbons (Fsp3) is 0.733. The molecule has 0 spiro atoms. The molecule has 4 nitrogen and oxygen atoms in total. The average molecular weight is 261 g/mol. The van der Waals surface area contributed by atoms with E-state index in [1.807, 2.05) is 0 Å². The molecule has 2 heterocycles. The summed E-state index contributed by atoms with van der Waals surface area (Å²) in [5.41, 5.74) is 0. The van der Waals surface area contributed by atoms with E-state index in [0.717, 1.165) is 12.8 Å². The fourth-order valence-corrected chi connectivity index (χ4v) is 5.05. The molecule has 2 aliphatic carbocycles. The predicted octanol–water partition coefficient (Wildman–Crippen LogP) is 1.22. The summed E-state index contributed by atoms with van der Waals surface area (Å²) < 4.78 is 5.70. The van der Waals surface area contributed by atoms with Gasteiger partial charge in [-0.15, -0.1) is 6.58 Å². The maximum atomic E-state index is 12.5. The molecule has 6 unspecified atom stereocenters. The van der Waals surface area contributed by atoms with Crippen molar-refractivity contribution < 1.29 is 14.3 Å². The third kappa shape index (κ3) is 1.23. The molecular weight excluding hydrogens is 242 g/mol. The molecule has 0 N–H and O–H groups in total. The Balaban J connectivity index is 1.69. The minimum Gasteiger partial charge on any atom is -0.369 e. The molecule has 2 saturated heterocycles. The Labute approximate surface area is 112 Å². The highest BCUT2D eigenvalue weighted by atomic mass is 16.6. The molecule has 19 heavy (non-hydrogen) atoms. The molecule has 102 valence electrons. The zero-order chi connectivity index (χ0) is 13.3. The van der Waals surface area contributed by atoms with Crippen molar-refractivity contribution in [3.8, 4) is 0 Å². The summed E-state index contributed by atoms with van der Waals surface area (Å²) in [7, 11) is 0. The lowest BCUT2D eigenvalue weighted by atomic mass is 9.81. The first kappa shape index (κ1) is 11.6. The van der Waals surface area contributed by atoms with E-state index >= 15 is 0 Å². The van der Waals surface area contributed by atoms with Crippen molar-refractivity contribution in [2.45, 2.75) is 32.0 Å². The first-order chi connectivity index (χ1) is 9.20. The van der Waals surface area contributed by atoms with Gasteiger partial charge in [0.05, 0.1) is 24.0 Å². The van der Waals surface area contributed by atoms with Crippen molar-refractivity contribution in [2.24, 2.45) is 29.6 Å². The van der Waals surface area contributed by atoms with Gasteiger partial charge < -0.3 is 4.74 Å². The first-order valence-corrected chi connectivity index (χ1v) is 7.32. The van der Waals surface area contributed by atoms with Crippen LogP contribution in [0.15, 0.2) is 12.7 Å². The van der Waals surface area contributed by atoms with E-state index in [2.05, 4.69) is 13.5 Å². The normalized spacial score (nSPS) is 49.5. The molecule has 2 saturated carbocycles. The summed E-state index contributed by atoms with van der Waals surface area (Å²) in [6.45, 7) is 6.17. The number of rotatable bonds is 4. The number of carbonyl (C=O) groups is 2. The summed E-state index contributed by atoms with van der Waals surface area (Å²) in [4.78, 5) is 26.4. The van der Waals surface area contributed by atoms with E-state index in [1.54, 1.807) is 6.08 Å². The van der Waals surface area contributed by atoms with E-state index in [-0.39, 0.29) is 35.9 Å². The number of ether oxygens (including phenoxy) is 1. The molecule has 4 fully saturated rings. The molecule has 2 aliphatic heterocycles. The van der Waals surface area contributed by atoms with Gasteiger partial charge >= 0.3 is 0 Å². The number of carbonyl (C=O) groups excluding carboxylic acids is 2. The highest BCUT2D eigenvalue weighted by molar-refractivity contribution is 6.06. The van der Waals surface area contributed by atoms with Crippen molar-refractivity contribution in [3.05, 3.63) is 12.7 Å². The molecule has 2 bridgehead atoms. The summed E-state index contributed by atoms with van der Waals surface area (Å²) in [6.07, 6.45) is 4.42. The molecular formula is C15H19NO3. The minimum atomic E-state index is -0.0993. The molecule has 0 aromatic rings. The van der Waals surface area contributed by atoms with Crippen LogP contribution in [0.1, 0.15) is 19.8 Å². The Bertz CT molecular complexity index is 440. The van der Waals surface area contributed by atoms with Crippen LogP contribution in [0.4, 0.5) is 0 Å². The van der Waals surface area contributed by atoms with Gasteiger partial charge in [0.1, 0.15) is 0 Å². The third-order valence-electron chi connectivity index (χ3n) is 5.56. The van der Waals surface area contributed by atoms with Crippen LogP contribution in [-0.4, -0.2) is 35.5 Å². The molecule has 0 aromatic heterocycles. The molecule has 4 rings (SSSR count). The number of epoxide rings is 1. The third-order valence-corrected chi connectivity index (χ3v) is 5.56. The number of hydrogen-bond acceptors (Lipinski definition) is 3. The summed E-state index contributed by atoms with van der Waals surface area (Å²) >= 11 is 0. The summed E-state index contributed by atoms with van der Waals surface area (Å²) in [5.74, 6) is 0.977. The fourth-order valence-electron chi connectivity index (χ4n) is 5.05. The molecule has 2 amide bonds. The number of nitrogens with zero attached hydrogens (tertiary/aromatic N) is 1. The molecule has 4 aliphatic rings. The number of likely N-dealkylation sites (tertiary alicyclic amines) is 1. The standard InChI is InChI=1S/C15H19NO3/c1-3-5-7-8-10-11(9(7)13-12(8)19-13)15(18)16(6-4-2)14(10)17/h4,7-13H,2-3,5-6H2,1H3. The first-order valence-electron chi connectivity index (χ1n) is 7.32. The van der Waals surface area contributed by atoms with Crippen molar-refractivity contribution in [1.29, 1.82) is 0 Å². The van der Waals surface area contributed by atoms with E-state index in [9.17, 15) is 9.59 Å². The number of fused-ring (bicyclic) bond motifs is 8. The lowest BCUT2D eigenvalue weighted by Crippen LogP contribution is -2.35. The number of imide groups is 1. The highest BCUT2D eigenvalue weighted by Crippen LogP contribution is 2.67. The van der Waals surface area contributed by atoms with Gasteiger partial charge in [0, 0.05) is 18.4 Å². The monoisotopic (exact) mass is 261 g/mol. The van der Waals surface area contributed by atoms with Gasteiger partial charge in [-0.25, -0.2) is 0 Å². The van der Waals surface area contributed by atoms with Crippen LogP contribution in [0.25, 0.3) is 0 Å². The van der Waals surface area contributed by atoms with Gasteiger partial charge in [-0.3, -0.25) is 14.5 Å². The van der Waals surface area contributed by atoms with Crippen LogP contribution in [-0.2, 0) is 14.3 Å². The zero-order valence-electron chi connectivity index (χ0n) is 11.1. The van der Waals surface area contributed by atoms with Gasteiger partial charge in [0.25, 0.3) is 0 Å². The largest absolute Gasteiger partial charge is 0.369 e. The van der Waals surface area contributed by atoms with Crippen LogP contribution in [0.5, 0.6) is 0 Å². The quantitative estimate of drug-likeness (QED) is 0.434. The second kappa shape index (κ2) is 3.69. The van der Waals surface area contributed by atoms with E-state index < -0.39 is 0 Å². The van der Waals surface area contributed by atoms with Crippen LogP contribution >= 0.6 is 0 Å². The molecule has 0 aromatic carbocycles. The Morgan fingerprint density at radius 1 is 1.21 bits per heavy atom. The topological polar surface area (TPSA) is 49.9 Å². The van der Waals surface area contributed by atoms with Crippen LogP contribution in [0.2, 0.25) is 0 Å². The Kier molecular flexibility index (Phi) is 2.26. The smallest absolute Gasteiger partial charge is 0.233 e. The Morgan fingerprint density at radius 3 is 2.26 bits per heavy atom. The van der Waals surface area contributed by atoms with Gasteiger partial charge in [0.15, 0.2) is 0 Å². The van der Waals surface area contributed by atoms with Gasteiger partial charge in [0.2, 0.25) is 11.8 Å². The van der Waals surface area contributed by atoms with Crippen molar-refractivity contribution in [2.75, 3.05) is 6.54 Å². The Hall–Kier alpha value is -1.16. The summed E-state index contributed by atoms with van der Waals surface area (Å²) in [6, 6.07) is 0. The minimum absolute atomic E-state index is 0.0254. The van der Waals surface area contributed by atoms with Crippen molar-refractivity contribution >= 4 is 11.8 Å². The van der Waals surface area contributed by atoms with Crippen molar-refractivity contribution in [1.82, 2.24) is 4.90 Å². The predicted molar refractivity (Wildman–Crippen MR) is 67.9 cm³/mol. The lowest BCUT2D eigenvalue weighted by Gasteiger charge is -2.23. The zero-order valence-corrected chi connectivity index (χ0v) is 11.1. The molecule has 0 radical (unpaired) electrons. The van der Waals surface area contributed by atoms with Crippen LogP contribution in [0, 0.1) is 29.6 Å². The second-order valence-corrected chi connectivity index (χ2v) is 6.30. The molecule has 6 atom stereocenters. The number of amides is 2. The van der Waals surface area contributed by atoms with Gasteiger partial charge in [-0.2, -0.15) is 0 Å². The van der Waals surface area contributed by atoms with Crippen LogP contribution < -0.4 is 0 Å².